The van der Waals surface area contributed by atoms with E-state index < -0.39 is 0 Å². The van der Waals surface area contributed by atoms with Gasteiger partial charge in [0.15, 0.2) is 0 Å². The molecule has 1 aliphatic heterocycles. The Morgan fingerprint density at radius 2 is 2.20 bits per heavy atom. The first-order valence-corrected chi connectivity index (χ1v) is 5.95. The average molecular weight is 267 g/mol. The number of rotatable bonds is 1. The minimum Gasteiger partial charge on any atom is -0.338 e. The van der Waals surface area contributed by atoms with Crippen LogP contribution in [-0.4, -0.2) is 28.9 Å². The van der Waals surface area contributed by atoms with Crippen LogP contribution in [0.15, 0.2) is 22.9 Å². The molecule has 0 aromatic carbocycles. The Labute approximate surface area is 96.6 Å². The van der Waals surface area contributed by atoms with E-state index in [4.69, 9.17) is 0 Å². The molecule has 3 nitrogen and oxygen atoms in total. The van der Waals surface area contributed by atoms with Gasteiger partial charge in [-0.05, 0) is 46.3 Å². The highest BCUT2D eigenvalue weighted by atomic mass is 79.9. The lowest BCUT2D eigenvalue weighted by molar-refractivity contribution is 0.0774. The van der Waals surface area contributed by atoms with Gasteiger partial charge in [0.2, 0.25) is 0 Å². The number of pyridine rings is 1. The molecule has 2 atom stereocenters. The summed E-state index contributed by atoms with van der Waals surface area (Å²) in [6.45, 7) is 1.87. The summed E-state index contributed by atoms with van der Waals surface area (Å²) in [4.78, 5) is 18.1. The molecule has 1 saturated carbocycles. The third-order valence-electron chi connectivity index (χ3n) is 3.26. The molecule has 0 N–H and O–H groups in total. The molecular formula is C11H11BrN2O. The second kappa shape index (κ2) is 3.30. The van der Waals surface area contributed by atoms with Gasteiger partial charge in [-0.15, -0.1) is 0 Å². The van der Waals surface area contributed by atoms with E-state index in [2.05, 4.69) is 20.9 Å². The van der Waals surface area contributed by atoms with Crippen molar-refractivity contribution in [1.29, 1.82) is 0 Å². The fourth-order valence-corrected chi connectivity index (χ4v) is 2.70. The summed E-state index contributed by atoms with van der Waals surface area (Å²) in [5.74, 6) is 1.68. The summed E-state index contributed by atoms with van der Waals surface area (Å²) in [5.41, 5.74) is 0.679. The maximum atomic E-state index is 12.1. The molecule has 2 heterocycles. The number of carbonyl (C=O) groups excluding carboxylic acids is 1. The van der Waals surface area contributed by atoms with Gasteiger partial charge in [0.1, 0.15) is 4.60 Å². The van der Waals surface area contributed by atoms with Crippen LogP contribution in [0, 0.1) is 11.8 Å². The van der Waals surface area contributed by atoms with Crippen molar-refractivity contribution in [3.63, 3.8) is 0 Å². The maximum Gasteiger partial charge on any atom is 0.256 e. The van der Waals surface area contributed by atoms with Crippen LogP contribution in [0.5, 0.6) is 0 Å². The predicted molar refractivity (Wildman–Crippen MR) is 59.4 cm³/mol. The summed E-state index contributed by atoms with van der Waals surface area (Å²) in [6, 6.07) is 3.62. The Bertz CT molecular complexity index is 411. The van der Waals surface area contributed by atoms with Crippen LogP contribution in [0.4, 0.5) is 0 Å². The van der Waals surface area contributed by atoms with E-state index >= 15 is 0 Å². The number of likely N-dealkylation sites (tertiary alicyclic amines) is 1. The number of halogens is 1. The highest BCUT2D eigenvalue weighted by molar-refractivity contribution is 9.10. The number of nitrogens with zero attached hydrogens (tertiary/aromatic N) is 2. The molecule has 2 aliphatic rings. The lowest BCUT2D eigenvalue weighted by atomic mass is 10.2. The SMILES string of the molecule is O=C(c1cccnc1Br)N1CC2CC2C1. The van der Waals surface area contributed by atoms with Gasteiger partial charge < -0.3 is 4.90 Å². The van der Waals surface area contributed by atoms with E-state index in [-0.39, 0.29) is 5.91 Å². The molecule has 2 unspecified atom stereocenters. The van der Waals surface area contributed by atoms with Crippen molar-refractivity contribution in [2.24, 2.45) is 11.8 Å². The van der Waals surface area contributed by atoms with Gasteiger partial charge in [-0.25, -0.2) is 4.98 Å². The largest absolute Gasteiger partial charge is 0.338 e. The standard InChI is InChI=1S/C11H11BrN2O/c12-10-9(2-1-3-13-10)11(15)14-5-7-4-8(7)6-14/h1-3,7-8H,4-6H2. The Morgan fingerprint density at radius 1 is 1.47 bits per heavy atom. The number of aromatic nitrogens is 1. The summed E-state index contributed by atoms with van der Waals surface area (Å²) < 4.78 is 0.649. The third-order valence-corrected chi connectivity index (χ3v) is 3.89. The molecule has 4 heteroatoms. The number of piperidine rings is 1. The average Bonchev–Trinajstić information content (AvgIpc) is 2.86. The highest BCUT2D eigenvalue weighted by Gasteiger charge is 2.46. The molecule has 1 amide bonds. The topological polar surface area (TPSA) is 33.2 Å². The van der Waals surface area contributed by atoms with Crippen molar-refractivity contribution in [1.82, 2.24) is 9.88 Å². The summed E-state index contributed by atoms with van der Waals surface area (Å²) >= 11 is 3.31. The first-order valence-electron chi connectivity index (χ1n) is 5.15. The zero-order valence-electron chi connectivity index (χ0n) is 8.19. The van der Waals surface area contributed by atoms with Crippen LogP contribution in [0.25, 0.3) is 0 Å². The van der Waals surface area contributed by atoms with Crippen LogP contribution in [0.3, 0.4) is 0 Å². The molecular weight excluding hydrogens is 256 g/mol. The quantitative estimate of drug-likeness (QED) is 0.728. The summed E-state index contributed by atoms with van der Waals surface area (Å²) in [7, 11) is 0. The normalized spacial score (nSPS) is 27.7. The fraction of sp³-hybridized carbons (Fsp3) is 0.455. The lowest BCUT2D eigenvalue weighted by Crippen LogP contribution is -2.30. The van der Waals surface area contributed by atoms with Crippen molar-refractivity contribution >= 4 is 21.8 Å². The third kappa shape index (κ3) is 1.57. The van der Waals surface area contributed by atoms with Gasteiger partial charge in [-0.2, -0.15) is 0 Å². The lowest BCUT2D eigenvalue weighted by Gasteiger charge is -2.18. The molecule has 78 valence electrons. The molecule has 1 aromatic rings. The number of hydrogen-bond acceptors (Lipinski definition) is 2. The zero-order valence-corrected chi connectivity index (χ0v) is 9.77. The molecule has 1 saturated heterocycles. The van der Waals surface area contributed by atoms with Gasteiger partial charge in [0.05, 0.1) is 5.56 Å². The van der Waals surface area contributed by atoms with Crippen molar-refractivity contribution in [3.8, 4) is 0 Å². The molecule has 15 heavy (non-hydrogen) atoms. The van der Waals surface area contributed by atoms with Crippen molar-refractivity contribution in [3.05, 3.63) is 28.5 Å². The van der Waals surface area contributed by atoms with Crippen LogP contribution >= 0.6 is 15.9 Å². The first kappa shape index (κ1) is 9.33. The van der Waals surface area contributed by atoms with Crippen LogP contribution < -0.4 is 0 Å². The van der Waals surface area contributed by atoms with Crippen molar-refractivity contribution < 1.29 is 4.79 Å². The number of hydrogen-bond donors (Lipinski definition) is 0. The van der Waals surface area contributed by atoms with Gasteiger partial charge in [-0.1, -0.05) is 0 Å². The van der Waals surface area contributed by atoms with E-state index in [9.17, 15) is 4.79 Å². The van der Waals surface area contributed by atoms with E-state index in [1.165, 1.54) is 6.42 Å². The zero-order chi connectivity index (χ0) is 10.4. The molecule has 0 radical (unpaired) electrons. The molecule has 3 rings (SSSR count). The molecule has 0 bridgehead atoms. The minimum absolute atomic E-state index is 0.113. The van der Waals surface area contributed by atoms with Crippen molar-refractivity contribution in [2.75, 3.05) is 13.1 Å². The smallest absolute Gasteiger partial charge is 0.256 e. The Balaban J connectivity index is 1.82. The minimum atomic E-state index is 0.113. The molecule has 1 aromatic heterocycles. The van der Waals surface area contributed by atoms with E-state index in [1.807, 2.05) is 11.0 Å². The van der Waals surface area contributed by atoms with E-state index in [1.54, 1.807) is 12.3 Å². The molecule has 1 aliphatic carbocycles. The Kier molecular flexibility index (Phi) is 2.06. The second-order valence-corrected chi connectivity index (χ2v) is 5.06. The van der Waals surface area contributed by atoms with Crippen molar-refractivity contribution in [2.45, 2.75) is 6.42 Å². The number of carbonyl (C=O) groups is 1. The highest BCUT2D eigenvalue weighted by Crippen LogP contribution is 2.45. The maximum absolute atomic E-state index is 12.1. The fourth-order valence-electron chi connectivity index (χ4n) is 2.28. The summed E-state index contributed by atoms with van der Waals surface area (Å²) in [6.07, 6.45) is 3.00. The van der Waals surface area contributed by atoms with E-state index in [0.717, 1.165) is 24.9 Å². The monoisotopic (exact) mass is 266 g/mol. The Hall–Kier alpha value is -0.900. The second-order valence-electron chi connectivity index (χ2n) is 4.31. The molecule has 2 fully saturated rings. The van der Waals surface area contributed by atoms with Crippen LogP contribution in [-0.2, 0) is 0 Å². The number of amides is 1. The first-order chi connectivity index (χ1) is 7.25. The van der Waals surface area contributed by atoms with Gasteiger partial charge in [0.25, 0.3) is 5.91 Å². The number of fused-ring (bicyclic) bond motifs is 1. The molecule has 0 spiro atoms. The van der Waals surface area contributed by atoms with Crippen LogP contribution in [0.2, 0.25) is 0 Å². The summed E-state index contributed by atoms with van der Waals surface area (Å²) in [5, 5.41) is 0. The van der Waals surface area contributed by atoms with Gasteiger partial charge >= 0.3 is 0 Å². The van der Waals surface area contributed by atoms with Gasteiger partial charge in [0, 0.05) is 19.3 Å². The van der Waals surface area contributed by atoms with E-state index in [0.29, 0.717) is 10.2 Å². The van der Waals surface area contributed by atoms with Crippen LogP contribution in [0.1, 0.15) is 16.8 Å². The van der Waals surface area contributed by atoms with Gasteiger partial charge in [-0.3, -0.25) is 4.79 Å². The Morgan fingerprint density at radius 3 is 2.87 bits per heavy atom. The predicted octanol–water partition coefficient (Wildman–Crippen LogP) is 1.94.